The van der Waals surface area contributed by atoms with Gasteiger partial charge in [-0.05, 0) is 70.5 Å². The van der Waals surface area contributed by atoms with Crippen molar-refractivity contribution in [3.63, 3.8) is 0 Å². The lowest BCUT2D eigenvalue weighted by Crippen LogP contribution is -2.30. The Kier molecular flexibility index (Phi) is 5.80. The van der Waals surface area contributed by atoms with Gasteiger partial charge in [-0.15, -0.1) is 0 Å². The Labute approximate surface area is 144 Å². The van der Waals surface area contributed by atoms with Crippen LogP contribution in [0.25, 0.3) is 0 Å². The minimum atomic E-state index is -0.320. The molecule has 20 heavy (non-hydrogen) atoms. The molecule has 0 heterocycles. The molecular weight excluding hydrogens is 457 g/mol. The van der Waals surface area contributed by atoms with Gasteiger partial charge in [0.1, 0.15) is 5.82 Å². The number of nitrogens with one attached hydrogen (secondary N) is 1. The summed E-state index contributed by atoms with van der Waals surface area (Å²) in [7, 11) is 0. The molecule has 1 unspecified atom stereocenters. The number of rotatable bonds is 4. The molecule has 6 heteroatoms. The van der Waals surface area contributed by atoms with Crippen molar-refractivity contribution in [1.29, 1.82) is 0 Å². The zero-order chi connectivity index (χ0) is 14.7. The highest BCUT2D eigenvalue weighted by Gasteiger charge is 2.16. The average Bonchev–Trinajstić information content (AvgIpc) is 2.41. The molecule has 1 atom stereocenters. The molecule has 0 radical (unpaired) electrons. The summed E-state index contributed by atoms with van der Waals surface area (Å²) in [5.41, 5.74) is 4.31. The second-order valence-electron chi connectivity index (χ2n) is 4.32. The fourth-order valence-electron chi connectivity index (χ4n) is 1.95. The van der Waals surface area contributed by atoms with E-state index in [9.17, 15) is 4.39 Å². The van der Waals surface area contributed by atoms with Crippen molar-refractivity contribution in [2.24, 2.45) is 5.84 Å². The second kappa shape index (κ2) is 7.17. The molecule has 2 aromatic carbocycles. The third kappa shape index (κ3) is 3.92. The summed E-state index contributed by atoms with van der Waals surface area (Å²) in [4.78, 5) is 0. The second-order valence-corrected chi connectivity index (χ2v) is 6.86. The van der Waals surface area contributed by atoms with Gasteiger partial charge in [0, 0.05) is 13.1 Å². The van der Waals surface area contributed by atoms with Crippen LogP contribution in [0.1, 0.15) is 17.2 Å². The van der Waals surface area contributed by atoms with E-state index in [0.29, 0.717) is 17.0 Å². The van der Waals surface area contributed by atoms with Crippen molar-refractivity contribution in [3.8, 4) is 0 Å². The van der Waals surface area contributed by atoms with Gasteiger partial charge in [0.05, 0.1) is 6.04 Å². The van der Waals surface area contributed by atoms with Gasteiger partial charge in [-0.1, -0.05) is 33.6 Å². The topological polar surface area (TPSA) is 38.0 Å². The Hall–Kier alpha value is -0.210. The SMILES string of the molecule is NNC(Cc1ccc(Cl)cc1F)c1cc(I)ccc1Br. The Morgan fingerprint density at radius 3 is 2.70 bits per heavy atom. The predicted molar refractivity (Wildman–Crippen MR) is 92.0 cm³/mol. The molecule has 0 saturated heterocycles. The summed E-state index contributed by atoms with van der Waals surface area (Å²) < 4.78 is 15.9. The molecule has 3 N–H and O–H groups in total. The van der Waals surface area contributed by atoms with E-state index in [1.807, 2.05) is 18.2 Å². The summed E-state index contributed by atoms with van der Waals surface area (Å²) in [6.07, 6.45) is 0.443. The number of nitrogens with two attached hydrogens (primary N) is 1. The van der Waals surface area contributed by atoms with Crippen LogP contribution in [0.5, 0.6) is 0 Å². The fraction of sp³-hybridized carbons (Fsp3) is 0.143. The largest absolute Gasteiger partial charge is 0.271 e. The Morgan fingerprint density at radius 2 is 2.05 bits per heavy atom. The molecule has 0 fully saturated rings. The van der Waals surface area contributed by atoms with E-state index in [0.717, 1.165) is 13.6 Å². The number of hydrogen-bond acceptors (Lipinski definition) is 2. The summed E-state index contributed by atoms with van der Waals surface area (Å²) in [5, 5.41) is 0.388. The first-order valence-electron chi connectivity index (χ1n) is 5.86. The van der Waals surface area contributed by atoms with Gasteiger partial charge in [-0.25, -0.2) is 4.39 Å². The van der Waals surface area contributed by atoms with Crippen LogP contribution in [-0.2, 0) is 6.42 Å². The highest BCUT2D eigenvalue weighted by molar-refractivity contribution is 14.1. The molecule has 0 aliphatic rings. The Morgan fingerprint density at radius 1 is 1.30 bits per heavy atom. The van der Waals surface area contributed by atoms with Gasteiger partial charge in [0.25, 0.3) is 0 Å². The maximum atomic E-state index is 13.9. The number of halogens is 4. The normalized spacial score (nSPS) is 12.4. The lowest BCUT2D eigenvalue weighted by Gasteiger charge is -2.19. The van der Waals surface area contributed by atoms with Crippen molar-refractivity contribution < 1.29 is 4.39 Å². The van der Waals surface area contributed by atoms with E-state index in [-0.39, 0.29) is 11.9 Å². The number of benzene rings is 2. The number of hydrogen-bond donors (Lipinski definition) is 2. The van der Waals surface area contributed by atoms with Gasteiger partial charge in [0.15, 0.2) is 0 Å². The van der Waals surface area contributed by atoms with Crippen molar-refractivity contribution >= 4 is 50.1 Å². The Balaban J connectivity index is 2.31. The van der Waals surface area contributed by atoms with Crippen molar-refractivity contribution in [1.82, 2.24) is 5.43 Å². The first-order valence-corrected chi connectivity index (χ1v) is 8.11. The molecule has 0 amide bonds. The maximum absolute atomic E-state index is 13.9. The molecule has 0 spiro atoms. The predicted octanol–water partition coefficient (Wildman–Crippen LogP) is 4.59. The van der Waals surface area contributed by atoms with E-state index in [4.69, 9.17) is 17.4 Å². The summed E-state index contributed by atoms with van der Waals surface area (Å²) in [6.45, 7) is 0. The van der Waals surface area contributed by atoms with Gasteiger partial charge < -0.3 is 0 Å². The quantitative estimate of drug-likeness (QED) is 0.391. The van der Waals surface area contributed by atoms with Crippen LogP contribution in [0.3, 0.4) is 0 Å². The molecule has 0 aromatic heterocycles. The molecule has 0 aliphatic heterocycles. The van der Waals surface area contributed by atoms with Crippen LogP contribution in [-0.4, -0.2) is 0 Å². The first-order chi connectivity index (χ1) is 9.51. The lowest BCUT2D eigenvalue weighted by molar-refractivity contribution is 0.527. The van der Waals surface area contributed by atoms with Crippen molar-refractivity contribution in [2.75, 3.05) is 0 Å². The molecular formula is C14H12BrClFIN2. The highest BCUT2D eigenvalue weighted by atomic mass is 127. The molecule has 0 aliphatic carbocycles. The van der Waals surface area contributed by atoms with Crippen LogP contribution in [0, 0.1) is 9.39 Å². The van der Waals surface area contributed by atoms with Gasteiger partial charge in [-0.3, -0.25) is 11.3 Å². The molecule has 2 aromatic rings. The van der Waals surface area contributed by atoms with Crippen LogP contribution >= 0.6 is 50.1 Å². The minimum absolute atomic E-state index is 0.185. The minimum Gasteiger partial charge on any atom is -0.271 e. The van der Waals surface area contributed by atoms with Crippen molar-refractivity contribution in [2.45, 2.75) is 12.5 Å². The maximum Gasteiger partial charge on any atom is 0.127 e. The zero-order valence-corrected chi connectivity index (χ0v) is 14.8. The smallest absolute Gasteiger partial charge is 0.127 e. The van der Waals surface area contributed by atoms with Crippen LogP contribution < -0.4 is 11.3 Å². The molecule has 0 bridgehead atoms. The third-order valence-electron chi connectivity index (χ3n) is 2.97. The summed E-state index contributed by atoms with van der Waals surface area (Å²) in [6, 6.07) is 10.5. The third-order valence-corrected chi connectivity index (χ3v) is 4.60. The van der Waals surface area contributed by atoms with E-state index < -0.39 is 0 Å². The average molecular weight is 470 g/mol. The fourth-order valence-corrected chi connectivity index (χ4v) is 3.14. The van der Waals surface area contributed by atoms with Crippen molar-refractivity contribution in [3.05, 3.63) is 66.4 Å². The van der Waals surface area contributed by atoms with E-state index >= 15 is 0 Å². The van der Waals surface area contributed by atoms with Crippen LogP contribution in [0.4, 0.5) is 4.39 Å². The van der Waals surface area contributed by atoms with E-state index in [1.54, 1.807) is 12.1 Å². The summed E-state index contributed by atoms with van der Waals surface area (Å²) in [5.74, 6) is 5.31. The monoisotopic (exact) mass is 468 g/mol. The highest BCUT2D eigenvalue weighted by Crippen LogP contribution is 2.28. The van der Waals surface area contributed by atoms with Gasteiger partial charge in [-0.2, -0.15) is 0 Å². The molecule has 106 valence electrons. The lowest BCUT2D eigenvalue weighted by atomic mass is 9.99. The van der Waals surface area contributed by atoms with Crippen LogP contribution in [0.15, 0.2) is 40.9 Å². The Bertz CT molecular complexity index is 624. The summed E-state index contributed by atoms with van der Waals surface area (Å²) >= 11 is 11.5. The van der Waals surface area contributed by atoms with Gasteiger partial charge in [0.2, 0.25) is 0 Å². The van der Waals surface area contributed by atoms with Crippen LogP contribution in [0.2, 0.25) is 5.02 Å². The first kappa shape index (κ1) is 16.2. The molecule has 2 rings (SSSR count). The molecule has 0 saturated carbocycles. The zero-order valence-electron chi connectivity index (χ0n) is 10.3. The molecule has 2 nitrogen and oxygen atoms in total. The van der Waals surface area contributed by atoms with E-state index in [1.165, 1.54) is 6.07 Å². The number of hydrazine groups is 1. The standard InChI is InChI=1S/C14H12BrClFIN2/c15-12-4-3-10(18)7-11(12)14(20-19)5-8-1-2-9(16)6-13(8)17/h1-4,6-7,14,20H,5,19H2. The van der Waals surface area contributed by atoms with E-state index in [2.05, 4.69) is 43.9 Å². The van der Waals surface area contributed by atoms with Gasteiger partial charge >= 0.3 is 0 Å².